The van der Waals surface area contributed by atoms with Gasteiger partial charge in [0, 0.05) is 13.3 Å². The first-order chi connectivity index (χ1) is 7.46. The van der Waals surface area contributed by atoms with Crippen molar-refractivity contribution in [2.75, 3.05) is 24.2 Å². The summed E-state index contributed by atoms with van der Waals surface area (Å²) in [6, 6.07) is 1.68. The predicted octanol–water partition coefficient (Wildman–Crippen LogP) is 1.43. The van der Waals surface area contributed by atoms with Gasteiger partial charge in [-0.15, -0.1) is 0 Å². The number of nitrogens with one attached hydrogen (secondary N) is 1. The van der Waals surface area contributed by atoms with Crippen LogP contribution in [0.4, 0.5) is 5.69 Å². The molecular formula is C9H13ClN2O3S. The van der Waals surface area contributed by atoms with E-state index < -0.39 is 10.0 Å². The maximum Gasteiger partial charge on any atom is 0.235 e. The van der Waals surface area contributed by atoms with E-state index in [9.17, 15) is 8.42 Å². The molecular weight excluding hydrogens is 252 g/mol. The van der Waals surface area contributed by atoms with Crippen molar-refractivity contribution < 1.29 is 13.2 Å². The van der Waals surface area contributed by atoms with Crippen LogP contribution >= 0.6 is 11.6 Å². The number of pyridine rings is 1. The Morgan fingerprint density at radius 1 is 1.56 bits per heavy atom. The van der Waals surface area contributed by atoms with E-state index in [0.29, 0.717) is 5.69 Å². The van der Waals surface area contributed by atoms with Gasteiger partial charge in [-0.2, -0.15) is 0 Å². The average Bonchev–Trinajstić information content (AvgIpc) is 2.21. The maximum absolute atomic E-state index is 11.6. The van der Waals surface area contributed by atoms with Gasteiger partial charge in [0.2, 0.25) is 10.0 Å². The molecule has 1 aromatic rings. The number of anilines is 1. The molecule has 5 nitrogen and oxygen atoms in total. The molecule has 0 amide bonds. The van der Waals surface area contributed by atoms with E-state index in [2.05, 4.69) is 9.71 Å². The normalized spacial score (nSPS) is 11.4. The molecule has 0 radical (unpaired) electrons. The molecule has 0 saturated heterocycles. The van der Waals surface area contributed by atoms with E-state index in [-0.39, 0.29) is 17.5 Å². The highest BCUT2D eigenvalue weighted by molar-refractivity contribution is 7.92. The van der Waals surface area contributed by atoms with Crippen LogP contribution in [0, 0.1) is 6.92 Å². The number of hydrogen-bond acceptors (Lipinski definition) is 4. The third-order valence-electron chi connectivity index (χ3n) is 1.93. The Labute approximate surface area is 99.8 Å². The quantitative estimate of drug-likeness (QED) is 0.817. The van der Waals surface area contributed by atoms with Crippen molar-refractivity contribution in [2.45, 2.75) is 6.92 Å². The van der Waals surface area contributed by atoms with Crippen LogP contribution in [0.2, 0.25) is 5.15 Å². The molecule has 0 bridgehead atoms. The summed E-state index contributed by atoms with van der Waals surface area (Å²) < 4.78 is 30.3. The van der Waals surface area contributed by atoms with Crippen LogP contribution in [-0.4, -0.2) is 32.9 Å². The van der Waals surface area contributed by atoms with Crippen LogP contribution in [0.1, 0.15) is 5.56 Å². The molecule has 0 saturated carbocycles. The van der Waals surface area contributed by atoms with Crippen molar-refractivity contribution in [2.24, 2.45) is 0 Å². The molecule has 90 valence electrons. The Hall–Kier alpha value is -0.850. The monoisotopic (exact) mass is 264 g/mol. The van der Waals surface area contributed by atoms with Crippen LogP contribution in [0.15, 0.2) is 12.3 Å². The first-order valence-corrected chi connectivity index (χ1v) is 6.60. The Bertz CT molecular complexity index is 442. The SMILES string of the molecule is COCCS(=O)(=O)Nc1c(C)ccnc1Cl. The van der Waals surface area contributed by atoms with Gasteiger partial charge in [-0.05, 0) is 18.6 Å². The summed E-state index contributed by atoms with van der Waals surface area (Å²) in [5, 5.41) is 0.140. The van der Waals surface area contributed by atoms with Gasteiger partial charge < -0.3 is 4.74 Å². The molecule has 0 aliphatic carbocycles. The van der Waals surface area contributed by atoms with Gasteiger partial charge in [0.15, 0.2) is 5.15 Å². The highest BCUT2D eigenvalue weighted by Gasteiger charge is 2.14. The predicted molar refractivity (Wildman–Crippen MR) is 63.3 cm³/mol. The van der Waals surface area contributed by atoms with Crippen LogP contribution in [0.25, 0.3) is 0 Å². The Kier molecular flexibility index (Phi) is 4.52. The highest BCUT2D eigenvalue weighted by atomic mass is 35.5. The van der Waals surface area contributed by atoms with Crippen molar-refractivity contribution in [3.8, 4) is 0 Å². The molecule has 0 fully saturated rings. The van der Waals surface area contributed by atoms with Gasteiger partial charge in [0.25, 0.3) is 0 Å². The van der Waals surface area contributed by atoms with Gasteiger partial charge in [0.05, 0.1) is 18.0 Å². The molecule has 0 aliphatic heterocycles. The maximum atomic E-state index is 11.6. The van der Waals surface area contributed by atoms with Gasteiger partial charge in [-0.3, -0.25) is 4.72 Å². The minimum absolute atomic E-state index is 0.117. The number of hydrogen-bond donors (Lipinski definition) is 1. The third kappa shape index (κ3) is 3.62. The molecule has 1 N–H and O–H groups in total. The van der Waals surface area contributed by atoms with E-state index >= 15 is 0 Å². The van der Waals surface area contributed by atoms with Gasteiger partial charge in [-0.25, -0.2) is 13.4 Å². The summed E-state index contributed by atoms with van der Waals surface area (Å²) in [5.74, 6) is -0.117. The molecule has 1 aromatic heterocycles. The van der Waals surface area contributed by atoms with Crippen LogP contribution in [0.3, 0.4) is 0 Å². The molecule has 0 atom stereocenters. The molecule has 16 heavy (non-hydrogen) atoms. The third-order valence-corrected chi connectivity index (χ3v) is 3.43. The Balaban J connectivity index is 2.88. The van der Waals surface area contributed by atoms with Crippen molar-refractivity contribution in [3.63, 3.8) is 0 Å². The summed E-state index contributed by atoms with van der Waals surface area (Å²) in [4.78, 5) is 3.81. The smallest absolute Gasteiger partial charge is 0.235 e. The second kappa shape index (κ2) is 5.47. The first kappa shape index (κ1) is 13.2. The molecule has 0 spiro atoms. The number of methoxy groups -OCH3 is 1. The minimum atomic E-state index is -3.44. The van der Waals surface area contributed by atoms with E-state index in [0.717, 1.165) is 5.56 Å². The lowest BCUT2D eigenvalue weighted by molar-refractivity contribution is 0.217. The van der Waals surface area contributed by atoms with Crippen LogP contribution < -0.4 is 4.72 Å². The van der Waals surface area contributed by atoms with Gasteiger partial charge in [-0.1, -0.05) is 11.6 Å². The topological polar surface area (TPSA) is 68.3 Å². The van der Waals surface area contributed by atoms with Crippen molar-refractivity contribution in [3.05, 3.63) is 23.0 Å². The number of halogens is 1. The molecule has 0 aromatic carbocycles. The van der Waals surface area contributed by atoms with Crippen LogP contribution in [0.5, 0.6) is 0 Å². The lowest BCUT2D eigenvalue weighted by atomic mass is 10.3. The summed E-state index contributed by atoms with van der Waals surface area (Å²) in [6.07, 6.45) is 1.52. The van der Waals surface area contributed by atoms with Gasteiger partial charge >= 0.3 is 0 Å². The fourth-order valence-corrected chi connectivity index (χ4v) is 2.41. The lowest BCUT2D eigenvalue weighted by Crippen LogP contribution is -2.20. The van der Waals surface area contributed by atoms with Crippen molar-refractivity contribution >= 4 is 27.3 Å². The van der Waals surface area contributed by atoms with Crippen molar-refractivity contribution in [1.82, 2.24) is 4.98 Å². The summed E-state index contributed by atoms with van der Waals surface area (Å²) in [5.41, 5.74) is 1.04. The Morgan fingerprint density at radius 3 is 2.81 bits per heavy atom. The zero-order valence-corrected chi connectivity index (χ0v) is 10.6. The average molecular weight is 265 g/mol. The van der Waals surface area contributed by atoms with E-state index in [4.69, 9.17) is 16.3 Å². The summed E-state index contributed by atoms with van der Waals surface area (Å²) >= 11 is 5.80. The largest absolute Gasteiger partial charge is 0.384 e. The summed E-state index contributed by atoms with van der Waals surface area (Å²) in [7, 11) is -2.00. The van der Waals surface area contributed by atoms with E-state index in [1.54, 1.807) is 13.0 Å². The first-order valence-electron chi connectivity index (χ1n) is 4.57. The van der Waals surface area contributed by atoms with Crippen LogP contribution in [-0.2, 0) is 14.8 Å². The van der Waals surface area contributed by atoms with E-state index in [1.165, 1.54) is 13.3 Å². The minimum Gasteiger partial charge on any atom is -0.384 e. The number of aryl methyl sites for hydroxylation is 1. The number of nitrogens with zero attached hydrogens (tertiary/aromatic N) is 1. The molecule has 0 aliphatic rings. The number of sulfonamides is 1. The number of ether oxygens (including phenoxy) is 1. The fraction of sp³-hybridized carbons (Fsp3) is 0.444. The molecule has 7 heteroatoms. The van der Waals surface area contributed by atoms with Crippen molar-refractivity contribution in [1.29, 1.82) is 0 Å². The standard InChI is InChI=1S/C9H13ClN2O3S/c1-7-3-4-11-9(10)8(7)12-16(13,14)6-5-15-2/h3-4,12H,5-6H2,1-2H3. The zero-order valence-electron chi connectivity index (χ0n) is 9.03. The summed E-state index contributed by atoms with van der Waals surface area (Å²) in [6.45, 7) is 1.88. The Morgan fingerprint density at radius 2 is 2.25 bits per heavy atom. The molecule has 1 heterocycles. The number of rotatable bonds is 5. The fourth-order valence-electron chi connectivity index (χ4n) is 1.05. The molecule has 0 unspecified atom stereocenters. The second-order valence-electron chi connectivity index (χ2n) is 3.21. The zero-order chi connectivity index (χ0) is 12.2. The van der Waals surface area contributed by atoms with Gasteiger partial charge in [0.1, 0.15) is 0 Å². The second-order valence-corrected chi connectivity index (χ2v) is 5.41. The highest BCUT2D eigenvalue weighted by Crippen LogP contribution is 2.23. The molecule has 1 rings (SSSR count). The van der Waals surface area contributed by atoms with E-state index in [1.807, 2.05) is 0 Å². The number of aromatic nitrogens is 1. The lowest BCUT2D eigenvalue weighted by Gasteiger charge is -2.10.